The summed E-state index contributed by atoms with van der Waals surface area (Å²) in [4.78, 5) is 31.2. The van der Waals surface area contributed by atoms with E-state index in [1.165, 1.54) is 0 Å². The molecule has 0 bridgehead atoms. The summed E-state index contributed by atoms with van der Waals surface area (Å²) in [6.07, 6.45) is 5.38. The molecule has 1 saturated carbocycles. The Labute approximate surface area is 146 Å². The summed E-state index contributed by atoms with van der Waals surface area (Å²) >= 11 is 0. The zero-order chi connectivity index (χ0) is 17.4. The number of aryl methyl sites for hydroxylation is 1. The molecule has 25 heavy (non-hydrogen) atoms. The highest BCUT2D eigenvalue weighted by Crippen LogP contribution is 2.26. The van der Waals surface area contributed by atoms with Crippen LogP contribution in [0.5, 0.6) is 0 Å². The molecule has 1 aromatic carbocycles. The number of pyridine rings is 1. The molecule has 1 saturated heterocycles. The number of hydrogen-bond acceptors (Lipinski definition) is 3. The number of carbonyl (C=O) groups is 2. The topological polar surface area (TPSA) is 74.3 Å². The Hall–Kier alpha value is -2.63. The average Bonchev–Trinajstić information content (AvgIpc) is 3.25. The zero-order valence-corrected chi connectivity index (χ0v) is 14.3. The first-order valence-electron chi connectivity index (χ1n) is 8.85. The highest BCUT2D eigenvalue weighted by molar-refractivity contribution is 6.01. The lowest BCUT2D eigenvalue weighted by Crippen LogP contribution is -2.48. The number of benzene rings is 1. The van der Waals surface area contributed by atoms with E-state index in [1.807, 2.05) is 31.2 Å². The van der Waals surface area contributed by atoms with Crippen molar-refractivity contribution < 1.29 is 9.59 Å². The first-order valence-corrected chi connectivity index (χ1v) is 8.85. The third-order valence-electron chi connectivity index (χ3n) is 4.83. The first-order chi connectivity index (χ1) is 12.1. The van der Waals surface area contributed by atoms with Crippen molar-refractivity contribution in [2.45, 2.75) is 44.7 Å². The Morgan fingerprint density at radius 3 is 2.88 bits per heavy atom. The molecule has 2 heterocycles. The van der Waals surface area contributed by atoms with Gasteiger partial charge in [0.25, 0.3) is 0 Å². The number of aromatic nitrogens is 1. The Kier molecular flexibility index (Phi) is 4.03. The van der Waals surface area contributed by atoms with Crippen LogP contribution in [0.15, 0.2) is 30.5 Å². The van der Waals surface area contributed by atoms with E-state index in [0.29, 0.717) is 18.3 Å². The highest BCUT2D eigenvalue weighted by atomic mass is 16.2. The van der Waals surface area contributed by atoms with Crippen molar-refractivity contribution in [1.29, 1.82) is 0 Å². The molecule has 1 aromatic heterocycles. The molecule has 1 aliphatic heterocycles. The molecule has 0 unspecified atom stereocenters. The number of carbonyl (C=O) groups excluding carboxylic acids is 2. The smallest absolute Gasteiger partial charge is 0.322 e. The van der Waals surface area contributed by atoms with Crippen molar-refractivity contribution in [2.24, 2.45) is 0 Å². The minimum atomic E-state index is -0.371. The van der Waals surface area contributed by atoms with Gasteiger partial charge < -0.3 is 15.5 Å². The summed E-state index contributed by atoms with van der Waals surface area (Å²) in [5.74, 6) is -0.0256. The van der Waals surface area contributed by atoms with Crippen molar-refractivity contribution >= 4 is 28.5 Å². The van der Waals surface area contributed by atoms with Crippen LogP contribution in [0.3, 0.4) is 0 Å². The van der Waals surface area contributed by atoms with Crippen LogP contribution in [-0.2, 0) is 4.79 Å². The molecule has 1 atom stereocenters. The number of rotatable bonds is 3. The summed E-state index contributed by atoms with van der Waals surface area (Å²) in [6, 6.07) is 7.53. The lowest BCUT2D eigenvalue weighted by atomic mass is 10.1. The van der Waals surface area contributed by atoms with Gasteiger partial charge in [-0.1, -0.05) is 6.07 Å². The Bertz CT molecular complexity index is 831. The van der Waals surface area contributed by atoms with Gasteiger partial charge in [0.15, 0.2) is 0 Å². The van der Waals surface area contributed by atoms with Crippen LogP contribution in [-0.4, -0.2) is 40.5 Å². The summed E-state index contributed by atoms with van der Waals surface area (Å²) in [7, 11) is 0. The van der Waals surface area contributed by atoms with Crippen LogP contribution in [0, 0.1) is 6.92 Å². The standard InChI is InChI=1S/C19H22N4O2/c1-12-10-13-4-2-8-20-17(13)15(11-12)22-19(25)23-9-3-5-16(23)18(24)21-14-6-7-14/h2,4,8,10-11,14,16H,3,5-7,9H2,1H3,(H,21,24)(H,22,25)/t16-/m0/s1. The van der Waals surface area contributed by atoms with Crippen molar-refractivity contribution in [3.63, 3.8) is 0 Å². The average molecular weight is 338 g/mol. The van der Waals surface area contributed by atoms with Gasteiger partial charge in [-0.2, -0.15) is 0 Å². The van der Waals surface area contributed by atoms with Gasteiger partial charge in [0.05, 0.1) is 11.2 Å². The number of likely N-dealkylation sites (tertiary alicyclic amines) is 1. The Morgan fingerprint density at radius 2 is 2.08 bits per heavy atom. The summed E-state index contributed by atoms with van der Waals surface area (Å²) in [5.41, 5.74) is 2.51. The molecule has 0 spiro atoms. The van der Waals surface area contributed by atoms with Gasteiger partial charge in [0.1, 0.15) is 6.04 Å². The van der Waals surface area contributed by atoms with Crippen LogP contribution >= 0.6 is 0 Å². The molecular weight excluding hydrogens is 316 g/mol. The molecule has 0 radical (unpaired) electrons. The lowest BCUT2D eigenvalue weighted by molar-refractivity contribution is -0.124. The molecule has 2 fully saturated rings. The van der Waals surface area contributed by atoms with Crippen molar-refractivity contribution in [3.8, 4) is 0 Å². The summed E-state index contributed by atoms with van der Waals surface area (Å²) in [5, 5.41) is 6.96. The molecule has 130 valence electrons. The second-order valence-corrected chi connectivity index (χ2v) is 6.95. The van der Waals surface area contributed by atoms with Crippen molar-refractivity contribution in [3.05, 3.63) is 36.0 Å². The second-order valence-electron chi connectivity index (χ2n) is 6.95. The van der Waals surface area contributed by atoms with Gasteiger partial charge in [-0.3, -0.25) is 9.78 Å². The van der Waals surface area contributed by atoms with E-state index in [9.17, 15) is 9.59 Å². The molecule has 3 amide bonds. The van der Waals surface area contributed by atoms with Gasteiger partial charge in [-0.25, -0.2) is 4.79 Å². The molecule has 6 heteroatoms. The van der Waals surface area contributed by atoms with Gasteiger partial charge in [-0.05, 0) is 56.4 Å². The van der Waals surface area contributed by atoms with E-state index in [1.54, 1.807) is 11.1 Å². The molecule has 1 aliphatic carbocycles. The number of anilines is 1. The monoisotopic (exact) mass is 338 g/mol. The van der Waals surface area contributed by atoms with Crippen LogP contribution in [0.2, 0.25) is 0 Å². The Balaban J connectivity index is 1.54. The normalized spacial score (nSPS) is 19.9. The minimum Gasteiger partial charge on any atom is -0.352 e. The fourth-order valence-corrected chi connectivity index (χ4v) is 3.43. The van der Waals surface area contributed by atoms with E-state index in [4.69, 9.17) is 0 Å². The summed E-state index contributed by atoms with van der Waals surface area (Å²) < 4.78 is 0. The third kappa shape index (κ3) is 3.29. The number of fused-ring (bicyclic) bond motifs is 1. The molecule has 2 N–H and O–H groups in total. The number of amides is 3. The van der Waals surface area contributed by atoms with Crippen LogP contribution in [0.4, 0.5) is 10.5 Å². The maximum Gasteiger partial charge on any atom is 0.322 e. The highest BCUT2D eigenvalue weighted by Gasteiger charge is 2.36. The van der Waals surface area contributed by atoms with E-state index in [2.05, 4.69) is 15.6 Å². The number of nitrogens with one attached hydrogen (secondary N) is 2. The number of urea groups is 1. The van der Waals surface area contributed by atoms with E-state index in [0.717, 1.165) is 42.1 Å². The van der Waals surface area contributed by atoms with Gasteiger partial charge in [0, 0.05) is 24.2 Å². The predicted molar refractivity (Wildman–Crippen MR) is 96.4 cm³/mol. The van der Waals surface area contributed by atoms with E-state index < -0.39 is 0 Å². The molecule has 4 rings (SSSR count). The molecular formula is C19H22N4O2. The van der Waals surface area contributed by atoms with Crippen LogP contribution in [0.1, 0.15) is 31.2 Å². The maximum atomic E-state index is 12.8. The number of nitrogens with zero attached hydrogens (tertiary/aromatic N) is 2. The largest absolute Gasteiger partial charge is 0.352 e. The van der Waals surface area contributed by atoms with Gasteiger partial charge in [-0.15, -0.1) is 0 Å². The van der Waals surface area contributed by atoms with Crippen molar-refractivity contribution in [2.75, 3.05) is 11.9 Å². The van der Waals surface area contributed by atoms with E-state index >= 15 is 0 Å². The fraction of sp³-hybridized carbons (Fsp3) is 0.421. The minimum absolute atomic E-state index is 0.0256. The van der Waals surface area contributed by atoms with Crippen LogP contribution in [0.25, 0.3) is 10.9 Å². The quantitative estimate of drug-likeness (QED) is 0.904. The predicted octanol–water partition coefficient (Wildman–Crippen LogP) is 2.82. The lowest BCUT2D eigenvalue weighted by Gasteiger charge is -2.24. The molecule has 2 aliphatic rings. The second kappa shape index (κ2) is 6.35. The van der Waals surface area contributed by atoms with E-state index in [-0.39, 0.29) is 18.0 Å². The van der Waals surface area contributed by atoms with Gasteiger partial charge in [0.2, 0.25) is 5.91 Å². The fourth-order valence-electron chi connectivity index (χ4n) is 3.43. The SMILES string of the molecule is Cc1cc(NC(=O)N2CCC[C@H]2C(=O)NC2CC2)c2ncccc2c1. The summed E-state index contributed by atoms with van der Waals surface area (Å²) in [6.45, 7) is 2.59. The first kappa shape index (κ1) is 15.9. The molecule has 6 nitrogen and oxygen atoms in total. The zero-order valence-electron chi connectivity index (χ0n) is 14.3. The van der Waals surface area contributed by atoms with Gasteiger partial charge >= 0.3 is 6.03 Å². The van der Waals surface area contributed by atoms with Crippen LogP contribution < -0.4 is 10.6 Å². The Morgan fingerprint density at radius 1 is 1.24 bits per heavy atom. The number of hydrogen-bond donors (Lipinski definition) is 2. The maximum absolute atomic E-state index is 12.8. The van der Waals surface area contributed by atoms with Crippen molar-refractivity contribution in [1.82, 2.24) is 15.2 Å². The third-order valence-corrected chi connectivity index (χ3v) is 4.83. The molecule has 2 aromatic rings.